The van der Waals surface area contributed by atoms with Gasteiger partial charge in [0.25, 0.3) is 0 Å². The van der Waals surface area contributed by atoms with Crippen LogP contribution in [0.5, 0.6) is 0 Å². The van der Waals surface area contributed by atoms with E-state index in [4.69, 9.17) is 0 Å². The standard InChI is InChI=1S/C14H22BrN3S2.HI/c1-14(7-3-9-19-14)10-18-13(16-2)17-8-6-11-4-5-12(15)20-11;/h4-5H,3,6-10H2,1-2H3,(H2,16,17,18);1H. The lowest BCUT2D eigenvalue weighted by Crippen LogP contribution is -2.44. The molecule has 7 heteroatoms. The first-order chi connectivity index (χ1) is 9.61. The molecule has 0 spiro atoms. The van der Waals surface area contributed by atoms with Gasteiger partial charge in [-0.25, -0.2) is 0 Å². The van der Waals surface area contributed by atoms with E-state index in [-0.39, 0.29) is 24.0 Å². The Balaban J connectivity index is 0.00000220. The Morgan fingerprint density at radius 1 is 1.43 bits per heavy atom. The lowest BCUT2D eigenvalue weighted by atomic mass is 10.1. The summed E-state index contributed by atoms with van der Waals surface area (Å²) >= 11 is 7.36. The molecule has 3 nitrogen and oxygen atoms in total. The average Bonchev–Trinajstić information content (AvgIpc) is 3.03. The minimum absolute atomic E-state index is 0. The number of nitrogens with zero attached hydrogens (tertiary/aromatic N) is 1. The highest BCUT2D eigenvalue weighted by Gasteiger charge is 2.29. The molecule has 1 unspecified atom stereocenters. The number of hydrogen-bond acceptors (Lipinski definition) is 3. The highest BCUT2D eigenvalue weighted by Crippen LogP contribution is 2.36. The molecule has 0 amide bonds. The van der Waals surface area contributed by atoms with Crippen LogP contribution in [0.4, 0.5) is 0 Å². The fourth-order valence-electron chi connectivity index (χ4n) is 2.26. The van der Waals surface area contributed by atoms with Crippen molar-refractivity contribution in [2.24, 2.45) is 4.99 Å². The van der Waals surface area contributed by atoms with E-state index in [1.54, 1.807) is 11.3 Å². The maximum absolute atomic E-state index is 4.30. The molecule has 0 aliphatic carbocycles. The molecule has 0 aromatic carbocycles. The van der Waals surface area contributed by atoms with Gasteiger partial charge < -0.3 is 10.6 Å². The Bertz CT molecular complexity index is 459. The van der Waals surface area contributed by atoms with Crippen LogP contribution in [0.1, 0.15) is 24.6 Å². The van der Waals surface area contributed by atoms with Gasteiger partial charge in [0.05, 0.1) is 3.79 Å². The Labute approximate surface area is 161 Å². The molecule has 0 radical (unpaired) electrons. The monoisotopic (exact) mass is 503 g/mol. The normalized spacial score (nSPS) is 22.0. The van der Waals surface area contributed by atoms with Gasteiger partial charge in [0.1, 0.15) is 0 Å². The third-order valence-corrected chi connectivity index (χ3v) is 6.67. The van der Waals surface area contributed by atoms with Crippen LogP contribution < -0.4 is 10.6 Å². The van der Waals surface area contributed by atoms with Crippen LogP contribution in [0.25, 0.3) is 0 Å². The molecule has 1 aliphatic heterocycles. The van der Waals surface area contributed by atoms with Crippen molar-refractivity contribution in [1.29, 1.82) is 0 Å². The van der Waals surface area contributed by atoms with Crippen molar-refractivity contribution < 1.29 is 0 Å². The zero-order chi connectivity index (χ0) is 14.4. The van der Waals surface area contributed by atoms with Crippen molar-refractivity contribution in [3.63, 3.8) is 0 Å². The summed E-state index contributed by atoms with van der Waals surface area (Å²) in [7, 11) is 1.83. The largest absolute Gasteiger partial charge is 0.356 e. The second-order valence-corrected chi connectivity index (χ2v) is 9.44. The van der Waals surface area contributed by atoms with Gasteiger partial charge in [-0.2, -0.15) is 11.8 Å². The number of aliphatic imine (C=N–C) groups is 1. The van der Waals surface area contributed by atoms with Crippen molar-refractivity contribution in [3.8, 4) is 0 Å². The fraction of sp³-hybridized carbons (Fsp3) is 0.643. The molecule has 2 rings (SSSR count). The molecule has 1 aliphatic rings. The minimum atomic E-state index is 0. The predicted octanol–water partition coefficient (Wildman–Crippen LogP) is 4.12. The highest BCUT2D eigenvalue weighted by molar-refractivity contribution is 14.0. The van der Waals surface area contributed by atoms with Crippen LogP contribution in [-0.2, 0) is 6.42 Å². The van der Waals surface area contributed by atoms with Crippen LogP contribution >= 0.6 is 63.0 Å². The smallest absolute Gasteiger partial charge is 0.191 e. The van der Waals surface area contributed by atoms with Gasteiger partial charge in [0, 0.05) is 29.8 Å². The van der Waals surface area contributed by atoms with E-state index >= 15 is 0 Å². The van der Waals surface area contributed by atoms with Gasteiger partial charge >= 0.3 is 0 Å². The van der Waals surface area contributed by atoms with Gasteiger partial charge in [-0.15, -0.1) is 35.3 Å². The summed E-state index contributed by atoms with van der Waals surface area (Å²) < 4.78 is 1.57. The van der Waals surface area contributed by atoms with Crippen LogP contribution in [0.3, 0.4) is 0 Å². The van der Waals surface area contributed by atoms with Crippen LogP contribution in [0.15, 0.2) is 20.9 Å². The van der Waals surface area contributed by atoms with E-state index in [1.165, 1.54) is 27.3 Å². The van der Waals surface area contributed by atoms with Crippen LogP contribution in [0, 0.1) is 0 Å². The number of rotatable bonds is 5. The van der Waals surface area contributed by atoms with Crippen LogP contribution in [-0.4, -0.2) is 36.6 Å². The topological polar surface area (TPSA) is 36.4 Å². The Morgan fingerprint density at radius 2 is 2.24 bits per heavy atom. The van der Waals surface area contributed by atoms with Gasteiger partial charge in [0.2, 0.25) is 0 Å². The van der Waals surface area contributed by atoms with E-state index in [1.807, 2.05) is 7.05 Å². The summed E-state index contributed by atoms with van der Waals surface area (Å²) in [5.41, 5.74) is 0. The van der Waals surface area contributed by atoms with Crippen molar-refractivity contribution in [1.82, 2.24) is 10.6 Å². The third kappa shape index (κ3) is 6.66. The number of guanidine groups is 1. The molecular formula is C14H23BrIN3S2. The van der Waals surface area contributed by atoms with Crippen molar-refractivity contribution in [3.05, 3.63) is 20.8 Å². The molecule has 1 fully saturated rings. The van der Waals surface area contributed by atoms with Crippen molar-refractivity contribution in [2.45, 2.75) is 30.9 Å². The number of thiophene rings is 1. The quantitative estimate of drug-likeness (QED) is 0.360. The first-order valence-corrected chi connectivity index (χ1v) is 9.53. The summed E-state index contributed by atoms with van der Waals surface area (Å²) in [6.07, 6.45) is 3.66. The maximum atomic E-state index is 4.30. The Hall–Kier alpha value is 0.530. The lowest BCUT2D eigenvalue weighted by Gasteiger charge is -2.24. The van der Waals surface area contributed by atoms with Gasteiger partial charge in [-0.1, -0.05) is 0 Å². The summed E-state index contributed by atoms with van der Waals surface area (Å²) in [6, 6.07) is 4.27. The van der Waals surface area contributed by atoms with E-state index in [2.05, 4.69) is 62.4 Å². The zero-order valence-electron chi connectivity index (χ0n) is 12.4. The fourth-order valence-corrected chi connectivity index (χ4v) is 4.98. The first kappa shape index (κ1) is 19.6. The number of hydrogen-bond donors (Lipinski definition) is 2. The summed E-state index contributed by atoms with van der Waals surface area (Å²) in [5, 5.41) is 6.84. The molecule has 1 aromatic rings. The van der Waals surface area contributed by atoms with Gasteiger partial charge in [0.15, 0.2) is 5.96 Å². The number of halogens is 2. The molecule has 1 saturated heterocycles. The molecule has 0 saturated carbocycles. The van der Waals surface area contributed by atoms with Gasteiger partial charge in [-0.3, -0.25) is 4.99 Å². The molecule has 1 aromatic heterocycles. The highest BCUT2D eigenvalue weighted by atomic mass is 127. The van der Waals surface area contributed by atoms with E-state index < -0.39 is 0 Å². The van der Waals surface area contributed by atoms with Crippen molar-refractivity contribution in [2.75, 3.05) is 25.9 Å². The maximum Gasteiger partial charge on any atom is 0.191 e. The second kappa shape index (κ2) is 9.62. The Morgan fingerprint density at radius 3 is 2.81 bits per heavy atom. The summed E-state index contributed by atoms with van der Waals surface area (Å²) in [5.74, 6) is 2.20. The average molecular weight is 504 g/mol. The molecule has 2 heterocycles. The first-order valence-electron chi connectivity index (χ1n) is 6.94. The third-order valence-electron chi connectivity index (χ3n) is 3.45. The Kier molecular flexibility index (Phi) is 8.97. The molecule has 21 heavy (non-hydrogen) atoms. The van der Waals surface area contributed by atoms with Crippen molar-refractivity contribution >= 4 is 69.0 Å². The lowest BCUT2D eigenvalue weighted by molar-refractivity contribution is 0.585. The molecule has 2 N–H and O–H groups in total. The van der Waals surface area contributed by atoms with Crippen LogP contribution in [0.2, 0.25) is 0 Å². The molecular weight excluding hydrogens is 481 g/mol. The summed E-state index contributed by atoms with van der Waals surface area (Å²) in [4.78, 5) is 5.68. The van der Waals surface area contributed by atoms with Gasteiger partial charge in [-0.05, 0) is 60.0 Å². The SMILES string of the molecule is CN=C(NCCc1ccc(Br)s1)NCC1(C)CCCS1.I. The minimum Gasteiger partial charge on any atom is -0.356 e. The molecule has 1 atom stereocenters. The molecule has 120 valence electrons. The number of thioether (sulfide) groups is 1. The zero-order valence-corrected chi connectivity index (χ0v) is 18.0. The second-order valence-electron chi connectivity index (χ2n) is 5.21. The van der Waals surface area contributed by atoms with E-state index in [0.717, 1.165) is 25.5 Å². The molecule has 0 bridgehead atoms. The summed E-state index contributed by atoms with van der Waals surface area (Å²) in [6.45, 7) is 4.24. The van der Waals surface area contributed by atoms with E-state index in [9.17, 15) is 0 Å². The predicted molar refractivity (Wildman–Crippen MR) is 111 cm³/mol. The van der Waals surface area contributed by atoms with E-state index in [0.29, 0.717) is 4.75 Å². The number of nitrogens with one attached hydrogen (secondary N) is 2.